The summed E-state index contributed by atoms with van der Waals surface area (Å²) < 4.78 is 28.2. The van der Waals surface area contributed by atoms with Gasteiger partial charge in [-0.1, -0.05) is 0 Å². The van der Waals surface area contributed by atoms with E-state index in [0.29, 0.717) is 5.56 Å². The molecule has 0 bridgehead atoms. The molecular weight excluding hydrogens is 288 g/mol. The largest absolute Gasteiger partial charge is 0.486 e. The zero-order valence-corrected chi connectivity index (χ0v) is 11.2. The van der Waals surface area contributed by atoms with Crippen LogP contribution in [-0.4, -0.2) is 42.2 Å². The van der Waals surface area contributed by atoms with Crippen molar-refractivity contribution in [3.8, 4) is 5.75 Å². The van der Waals surface area contributed by atoms with Crippen LogP contribution >= 0.6 is 0 Å². The summed E-state index contributed by atoms with van der Waals surface area (Å²) in [7, 11) is -3.32. The zero-order valence-electron chi connectivity index (χ0n) is 10.4. The molecule has 3 N–H and O–H groups in total. The Bertz CT molecular complexity index is 630. The SMILES string of the molecule is NCc1cc([N+](=O)[O-])ccc1OC1CS(=O)(=O)CC1O. The van der Waals surface area contributed by atoms with Crippen molar-refractivity contribution in [2.24, 2.45) is 5.73 Å². The number of nitrogens with two attached hydrogens (primary N) is 1. The van der Waals surface area contributed by atoms with Gasteiger partial charge in [0.2, 0.25) is 0 Å². The first-order valence-corrected chi connectivity index (χ1v) is 7.67. The lowest BCUT2D eigenvalue weighted by atomic mass is 10.1. The molecule has 0 spiro atoms. The first-order chi connectivity index (χ1) is 9.32. The Labute approximate surface area is 115 Å². The van der Waals surface area contributed by atoms with E-state index in [2.05, 4.69) is 0 Å². The van der Waals surface area contributed by atoms with Crippen LogP contribution in [0.3, 0.4) is 0 Å². The van der Waals surface area contributed by atoms with Gasteiger partial charge < -0.3 is 15.6 Å². The van der Waals surface area contributed by atoms with Gasteiger partial charge in [0.25, 0.3) is 5.69 Å². The Kier molecular flexibility index (Phi) is 3.93. The van der Waals surface area contributed by atoms with Crippen LogP contribution in [0.25, 0.3) is 0 Å². The highest BCUT2D eigenvalue weighted by molar-refractivity contribution is 7.91. The molecule has 1 aliphatic heterocycles. The van der Waals surface area contributed by atoms with Crippen LogP contribution in [0.15, 0.2) is 18.2 Å². The molecule has 1 aliphatic rings. The number of nitro benzene ring substituents is 1. The lowest BCUT2D eigenvalue weighted by Crippen LogP contribution is -2.30. The van der Waals surface area contributed by atoms with Crippen LogP contribution < -0.4 is 10.5 Å². The fraction of sp³-hybridized carbons (Fsp3) is 0.455. The van der Waals surface area contributed by atoms with Crippen molar-refractivity contribution in [2.75, 3.05) is 11.5 Å². The third-order valence-corrected chi connectivity index (χ3v) is 4.71. The Hall–Kier alpha value is -1.71. The van der Waals surface area contributed by atoms with Crippen LogP contribution in [0.2, 0.25) is 0 Å². The second kappa shape index (κ2) is 5.35. The van der Waals surface area contributed by atoms with E-state index in [0.717, 1.165) is 0 Å². The fourth-order valence-corrected chi connectivity index (χ4v) is 3.69. The fourth-order valence-electron chi connectivity index (χ4n) is 2.03. The Morgan fingerprint density at radius 1 is 1.45 bits per heavy atom. The maximum Gasteiger partial charge on any atom is 0.270 e. The van der Waals surface area contributed by atoms with Gasteiger partial charge in [0.1, 0.15) is 18.0 Å². The summed E-state index contributed by atoms with van der Waals surface area (Å²) in [5.74, 6) is -0.378. The molecule has 1 saturated heterocycles. The van der Waals surface area contributed by atoms with Crippen LogP contribution in [0, 0.1) is 10.1 Å². The van der Waals surface area contributed by atoms with Gasteiger partial charge in [0.15, 0.2) is 9.84 Å². The topological polar surface area (TPSA) is 133 Å². The molecule has 0 radical (unpaired) electrons. The summed E-state index contributed by atoms with van der Waals surface area (Å²) in [5, 5.41) is 20.3. The average Bonchev–Trinajstić information content (AvgIpc) is 2.62. The Morgan fingerprint density at radius 3 is 2.65 bits per heavy atom. The van der Waals surface area contributed by atoms with Crippen molar-refractivity contribution in [3.63, 3.8) is 0 Å². The number of nitro groups is 1. The van der Waals surface area contributed by atoms with Gasteiger partial charge in [-0.2, -0.15) is 0 Å². The second-order valence-corrected chi connectivity index (χ2v) is 6.71. The van der Waals surface area contributed by atoms with Crippen LogP contribution in [0.5, 0.6) is 5.75 Å². The first kappa shape index (κ1) is 14.7. The summed E-state index contributed by atoms with van der Waals surface area (Å²) in [6, 6.07) is 3.87. The summed E-state index contributed by atoms with van der Waals surface area (Å²) >= 11 is 0. The van der Waals surface area contributed by atoms with Crippen molar-refractivity contribution in [1.82, 2.24) is 0 Å². The molecule has 1 aromatic rings. The summed E-state index contributed by atoms with van der Waals surface area (Å²) in [6.45, 7) is 0.00653. The summed E-state index contributed by atoms with van der Waals surface area (Å²) in [6.07, 6.45) is -1.99. The molecule has 0 amide bonds. The monoisotopic (exact) mass is 302 g/mol. The van der Waals surface area contributed by atoms with E-state index in [-0.39, 0.29) is 29.5 Å². The van der Waals surface area contributed by atoms with Crippen molar-refractivity contribution in [3.05, 3.63) is 33.9 Å². The van der Waals surface area contributed by atoms with E-state index in [1.54, 1.807) is 0 Å². The second-order valence-electron chi connectivity index (χ2n) is 4.55. The number of aliphatic hydroxyl groups excluding tert-OH is 1. The molecule has 8 nitrogen and oxygen atoms in total. The van der Waals surface area contributed by atoms with Gasteiger partial charge in [-0.3, -0.25) is 10.1 Å². The highest BCUT2D eigenvalue weighted by atomic mass is 32.2. The highest BCUT2D eigenvalue weighted by Gasteiger charge is 2.38. The maximum absolute atomic E-state index is 11.4. The Morgan fingerprint density at radius 2 is 2.15 bits per heavy atom. The van der Waals surface area contributed by atoms with Crippen LogP contribution in [0.4, 0.5) is 5.69 Å². The van der Waals surface area contributed by atoms with Gasteiger partial charge in [0, 0.05) is 24.2 Å². The van der Waals surface area contributed by atoms with Gasteiger partial charge in [0.05, 0.1) is 16.4 Å². The van der Waals surface area contributed by atoms with E-state index in [9.17, 15) is 23.6 Å². The number of benzene rings is 1. The predicted octanol–water partition coefficient (Wildman–Crippen LogP) is -0.410. The summed E-state index contributed by atoms with van der Waals surface area (Å²) in [5.41, 5.74) is 5.76. The third kappa shape index (κ3) is 3.06. The number of nitrogens with zero attached hydrogens (tertiary/aromatic N) is 1. The number of aliphatic hydroxyl groups is 1. The minimum Gasteiger partial charge on any atom is -0.486 e. The van der Waals surface area contributed by atoms with Gasteiger partial charge in [-0.05, 0) is 6.07 Å². The van der Waals surface area contributed by atoms with Crippen molar-refractivity contribution in [1.29, 1.82) is 0 Å². The van der Waals surface area contributed by atoms with Crippen molar-refractivity contribution >= 4 is 15.5 Å². The molecule has 1 heterocycles. The molecule has 2 atom stereocenters. The number of hydrogen-bond donors (Lipinski definition) is 2. The lowest BCUT2D eigenvalue weighted by molar-refractivity contribution is -0.384. The standard InChI is InChI=1S/C11H14N2O6S/c12-4-7-3-8(13(15)16)1-2-10(7)19-11-6-20(17,18)5-9(11)14/h1-3,9,11,14H,4-6,12H2. The van der Waals surface area contributed by atoms with E-state index in [1.807, 2.05) is 0 Å². The number of rotatable bonds is 4. The molecule has 2 rings (SSSR count). The molecule has 2 unspecified atom stereocenters. The first-order valence-electron chi connectivity index (χ1n) is 5.85. The van der Waals surface area contributed by atoms with Crippen molar-refractivity contribution < 1.29 is 23.2 Å². The van der Waals surface area contributed by atoms with Gasteiger partial charge in [-0.15, -0.1) is 0 Å². The van der Waals surface area contributed by atoms with E-state index < -0.39 is 27.0 Å². The number of hydrogen-bond acceptors (Lipinski definition) is 7. The lowest BCUT2D eigenvalue weighted by Gasteiger charge is -2.17. The third-order valence-electron chi connectivity index (χ3n) is 3.03. The zero-order chi connectivity index (χ0) is 14.9. The molecule has 1 aromatic carbocycles. The van der Waals surface area contributed by atoms with Crippen LogP contribution in [-0.2, 0) is 16.4 Å². The minimum absolute atomic E-state index is 0.00653. The van der Waals surface area contributed by atoms with Crippen LogP contribution in [0.1, 0.15) is 5.56 Å². The molecule has 0 saturated carbocycles. The molecular formula is C11H14N2O6S. The highest BCUT2D eigenvalue weighted by Crippen LogP contribution is 2.27. The normalized spacial score (nSPS) is 24.5. The van der Waals surface area contributed by atoms with Gasteiger partial charge in [-0.25, -0.2) is 8.42 Å². The molecule has 0 aliphatic carbocycles. The number of sulfone groups is 1. The molecule has 9 heteroatoms. The molecule has 110 valence electrons. The minimum atomic E-state index is -3.32. The Balaban J connectivity index is 2.24. The smallest absolute Gasteiger partial charge is 0.270 e. The summed E-state index contributed by atoms with van der Waals surface area (Å²) in [4.78, 5) is 10.1. The molecule has 1 fully saturated rings. The van der Waals surface area contributed by atoms with E-state index in [1.165, 1.54) is 18.2 Å². The predicted molar refractivity (Wildman–Crippen MR) is 70.1 cm³/mol. The average molecular weight is 302 g/mol. The maximum atomic E-state index is 11.4. The number of non-ortho nitro benzene ring substituents is 1. The van der Waals surface area contributed by atoms with Crippen molar-refractivity contribution in [2.45, 2.75) is 18.8 Å². The quantitative estimate of drug-likeness (QED) is 0.570. The molecule has 0 aromatic heterocycles. The number of ether oxygens (including phenoxy) is 1. The molecule has 20 heavy (non-hydrogen) atoms. The van der Waals surface area contributed by atoms with Gasteiger partial charge >= 0.3 is 0 Å². The van der Waals surface area contributed by atoms with E-state index in [4.69, 9.17) is 10.5 Å². The van der Waals surface area contributed by atoms with E-state index >= 15 is 0 Å².